The van der Waals surface area contributed by atoms with Crippen molar-refractivity contribution in [1.82, 2.24) is 10.3 Å². The second-order valence-corrected chi connectivity index (χ2v) is 7.21. The molecule has 1 aliphatic heterocycles. The van der Waals surface area contributed by atoms with E-state index in [-0.39, 0.29) is 0 Å². The Morgan fingerprint density at radius 1 is 1.36 bits per heavy atom. The van der Waals surface area contributed by atoms with Crippen LogP contribution in [0.5, 0.6) is 0 Å². The number of benzene rings is 1. The minimum Gasteiger partial charge on any atom is -0.449 e. The average Bonchev–Trinajstić information content (AvgIpc) is 3.10. The second-order valence-electron chi connectivity index (χ2n) is 6.36. The number of aryl methyl sites for hydroxylation is 1. The summed E-state index contributed by atoms with van der Waals surface area (Å²) in [6.45, 7) is 4.63. The van der Waals surface area contributed by atoms with E-state index in [9.17, 15) is 4.79 Å². The first-order valence-electron chi connectivity index (χ1n) is 8.94. The molecule has 1 fully saturated rings. The number of nitrogens with zero attached hydrogens (tertiary/aromatic N) is 1. The maximum absolute atomic E-state index is 12.2. The number of piperidine rings is 1. The van der Waals surface area contributed by atoms with Crippen LogP contribution in [0.15, 0.2) is 29.6 Å². The summed E-state index contributed by atoms with van der Waals surface area (Å²) < 4.78 is 5.43. The summed E-state index contributed by atoms with van der Waals surface area (Å²) in [5.74, 6) is 0.456. The SMILES string of the molecule is CCCc1csc(-c2ccccc2NC(=O)OCC2CCNCC2)n1. The summed E-state index contributed by atoms with van der Waals surface area (Å²) in [6, 6.07) is 7.74. The standard InChI is InChI=1S/C19H25N3O2S/c1-2-5-15-13-25-18(21-15)16-6-3-4-7-17(16)22-19(23)24-12-14-8-10-20-11-9-14/h3-4,6-7,13-14,20H,2,5,8-12H2,1H3,(H,22,23). The molecule has 6 heteroatoms. The van der Waals surface area contributed by atoms with E-state index >= 15 is 0 Å². The summed E-state index contributed by atoms with van der Waals surface area (Å²) in [4.78, 5) is 16.9. The Kier molecular flexibility index (Phi) is 6.42. The first-order valence-corrected chi connectivity index (χ1v) is 9.82. The summed E-state index contributed by atoms with van der Waals surface area (Å²) in [7, 11) is 0. The maximum Gasteiger partial charge on any atom is 0.411 e. The zero-order chi connectivity index (χ0) is 17.5. The lowest BCUT2D eigenvalue weighted by Gasteiger charge is -2.22. The molecule has 2 aromatic rings. The first-order chi connectivity index (χ1) is 12.3. The van der Waals surface area contributed by atoms with Crippen LogP contribution in [-0.4, -0.2) is 30.8 Å². The molecule has 2 N–H and O–H groups in total. The first kappa shape index (κ1) is 17.9. The predicted molar refractivity (Wildman–Crippen MR) is 102 cm³/mol. The van der Waals surface area contributed by atoms with Crippen LogP contribution in [0, 0.1) is 5.92 Å². The van der Waals surface area contributed by atoms with Crippen LogP contribution in [0.1, 0.15) is 31.9 Å². The van der Waals surface area contributed by atoms with Crippen molar-refractivity contribution >= 4 is 23.1 Å². The highest BCUT2D eigenvalue weighted by molar-refractivity contribution is 7.13. The quantitative estimate of drug-likeness (QED) is 0.807. The number of carbonyl (C=O) groups excluding carboxylic acids is 1. The number of carbonyl (C=O) groups is 1. The number of thiazole rings is 1. The Balaban J connectivity index is 1.62. The lowest BCUT2D eigenvalue weighted by atomic mass is 9.99. The second kappa shape index (κ2) is 8.97. The van der Waals surface area contributed by atoms with Crippen LogP contribution in [0.2, 0.25) is 0 Å². The number of amides is 1. The number of para-hydroxylation sites is 1. The fourth-order valence-electron chi connectivity index (χ4n) is 2.97. The third-order valence-corrected chi connectivity index (χ3v) is 5.29. The minimum absolute atomic E-state index is 0.392. The van der Waals surface area contributed by atoms with Crippen molar-refractivity contribution in [2.45, 2.75) is 32.6 Å². The Hall–Kier alpha value is -1.92. The van der Waals surface area contributed by atoms with Gasteiger partial charge in [-0.3, -0.25) is 5.32 Å². The van der Waals surface area contributed by atoms with Crippen molar-refractivity contribution in [1.29, 1.82) is 0 Å². The molecule has 0 bridgehead atoms. The molecule has 5 nitrogen and oxygen atoms in total. The monoisotopic (exact) mass is 359 g/mol. The number of hydrogen-bond acceptors (Lipinski definition) is 5. The van der Waals surface area contributed by atoms with Gasteiger partial charge in [-0.25, -0.2) is 9.78 Å². The Morgan fingerprint density at radius 2 is 2.16 bits per heavy atom. The van der Waals surface area contributed by atoms with E-state index in [1.165, 1.54) is 0 Å². The van der Waals surface area contributed by atoms with Gasteiger partial charge in [0.05, 0.1) is 18.0 Å². The van der Waals surface area contributed by atoms with Crippen molar-refractivity contribution < 1.29 is 9.53 Å². The molecule has 0 spiro atoms. The summed E-state index contributed by atoms with van der Waals surface area (Å²) in [5.41, 5.74) is 2.79. The highest BCUT2D eigenvalue weighted by Gasteiger charge is 2.16. The largest absolute Gasteiger partial charge is 0.449 e. The molecule has 1 aromatic heterocycles. The molecule has 2 heterocycles. The van der Waals surface area contributed by atoms with E-state index in [1.54, 1.807) is 11.3 Å². The molecular formula is C19H25N3O2S. The fourth-order valence-corrected chi connectivity index (χ4v) is 3.86. The lowest BCUT2D eigenvalue weighted by molar-refractivity contribution is 0.131. The van der Waals surface area contributed by atoms with Crippen molar-refractivity contribution in [3.63, 3.8) is 0 Å². The maximum atomic E-state index is 12.2. The summed E-state index contributed by atoms with van der Waals surface area (Å²) in [5, 5.41) is 9.21. The smallest absolute Gasteiger partial charge is 0.411 e. The molecule has 0 atom stereocenters. The molecule has 3 rings (SSSR count). The number of nitrogens with one attached hydrogen (secondary N) is 2. The third-order valence-electron chi connectivity index (χ3n) is 4.36. The number of rotatable bonds is 6. The lowest BCUT2D eigenvalue weighted by Crippen LogP contribution is -2.31. The molecule has 1 amide bonds. The van der Waals surface area contributed by atoms with Crippen LogP contribution >= 0.6 is 11.3 Å². The van der Waals surface area contributed by atoms with Gasteiger partial charge in [-0.1, -0.05) is 25.5 Å². The van der Waals surface area contributed by atoms with E-state index < -0.39 is 6.09 Å². The highest BCUT2D eigenvalue weighted by atomic mass is 32.1. The average molecular weight is 359 g/mol. The van der Waals surface area contributed by atoms with E-state index in [2.05, 4.69) is 27.9 Å². The van der Waals surface area contributed by atoms with Crippen molar-refractivity contribution in [2.24, 2.45) is 5.92 Å². The van der Waals surface area contributed by atoms with Gasteiger partial charge in [0.15, 0.2) is 0 Å². The van der Waals surface area contributed by atoms with Crippen LogP contribution < -0.4 is 10.6 Å². The molecule has 25 heavy (non-hydrogen) atoms. The summed E-state index contributed by atoms with van der Waals surface area (Å²) in [6.07, 6.45) is 3.78. The van der Waals surface area contributed by atoms with Crippen molar-refractivity contribution in [3.8, 4) is 10.6 Å². The number of aromatic nitrogens is 1. The van der Waals surface area contributed by atoms with E-state index in [0.29, 0.717) is 12.5 Å². The summed E-state index contributed by atoms with van der Waals surface area (Å²) >= 11 is 1.61. The topological polar surface area (TPSA) is 63.2 Å². The zero-order valence-corrected chi connectivity index (χ0v) is 15.4. The van der Waals surface area contributed by atoms with Gasteiger partial charge in [-0.15, -0.1) is 11.3 Å². The van der Waals surface area contributed by atoms with Gasteiger partial charge in [0.1, 0.15) is 5.01 Å². The van der Waals surface area contributed by atoms with Crippen LogP contribution in [0.3, 0.4) is 0 Å². The van der Waals surface area contributed by atoms with Crippen LogP contribution in [0.25, 0.3) is 10.6 Å². The molecular weight excluding hydrogens is 334 g/mol. The van der Waals surface area contributed by atoms with Gasteiger partial charge < -0.3 is 10.1 Å². The molecule has 0 radical (unpaired) electrons. The van der Waals surface area contributed by atoms with Crippen molar-refractivity contribution in [2.75, 3.05) is 25.0 Å². The molecule has 1 aliphatic rings. The van der Waals surface area contributed by atoms with E-state index in [0.717, 1.165) is 60.7 Å². The Morgan fingerprint density at radius 3 is 2.96 bits per heavy atom. The fraction of sp³-hybridized carbons (Fsp3) is 0.474. The molecule has 134 valence electrons. The van der Waals surface area contributed by atoms with Crippen molar-refractivity contribution in [3.05, 3.63) is 35.3 Å². The van der Waals surface area contributed by atoms with Crippen LogP contribution in [-0.2, 0) is 11.2 Å². The van der Waals surface area contributed by atoms with E-state index in [1.807, 2.05) is 24.3 Å². The van der Waals surface area contributed by atoms with E-state index in [4.69, 9.17) is 4.74 Å². The normalized spacial score (nSPS) is 15.1. The molecule has 1 aromatic carbocycles. The van der Waals surface area contributed by atoms with Gasteiger partial charge >= 0.3 is 6.09 Å². The number of ether oxygens (including phenoxy) is 1. The molecule has 0 saturated carbocycles. The third kappa shape index (κ3) is 5.03. The van der Waals surface area contributed by atoms with Gasteiger partial charge in [0.2, 0.25) is 0 Å². The van der Waals surface area contributed by atoms with Gasteiger partial charge in [0, 0.05) is 10.9 Å². The van der Waals surface area contributed by atoms with Gasteiger partial charge in [-0.2, -0.15) is 0 Å². The number of anilines is 1. The molecule has 0 aliphatic carbocycles. The number of hydrogen-bond donors (Lipinski definition) is 2. The van der Waals surface area contributed by atoms with Crippen LogP contribution in [0.4, 0.5) is 10.5 Å². The highest BCUT2D eigenvalue weighted by Crippen LogP contribution is 2.31. The zero-order valence-electron chi connectivity index (χ0n) is 14.6. The van der Waals surface area contributed by atoms with Gasteiger partial charge in [-0.05, 0) is 50.4 Å². The Labute approximate surface area is 152 Å². The van der Waals surface area contributed by atoms with Gasteiger partial charge in [0.25, 0.3) is 0 Å². The molecule has 0 unspecified atom stereocenters. The predicted octanol–water partition coefficient (Wildman–Crippen LogP) is 4.31. The molecule has 1 saturated heterocycles. The minimum atomic E-state index is -0.392. The Bertz CT molecular complexity index is 695.